The van der Waals surface area contributed by atoms with E-state index in [-0.39, 0.29) is 25.7 Å². The molecular weight excluding hydrogens is 1510 g/mol. The molecule has 3 fully saturated rings. The summed E-state index contributed by atoms with van der Waals surface area (Å²) in [6, 6.07) is 0. The Bertz CT molecular complexity index is 2480. The highest BCUT2D eigenvalue weighted by molar-refractivity contribution is 7.47. The van der Waals surface area contributed by atoms with Crippen LogP contribution in [0.2, 0.25) is 0 Å². The van der Waals surface area contributed by atoms with Gasteiger partial charge in [0.05, 0.1) is 13.2 Å². The van der Waals surface area contributed by atoms with E-state index < -0.39 is 162 Å². The highest BCUT2D eigenvalue weighted by Crippen LogP contribution is 2.49. The Balaban J connectivity index is 1.93. The number of carbonyl (C=O) groups is 4. The van der Waals surface area contributed by atoms with Crippen LogP contribution >= 0.6 is 7.82 Å². The second kappa shape index (κ2) is 68.6. The molecule has 2 saturated heterocycles. The van der Waals surface area contributed by atoms with Gasteiger partial charge in [-0.25, -0.2) is 4.57 Å². The van der Waals surface area contributed by atoms with Gasteiger partial charge in [0.2, 0.25) is 0 Å². The van der Waals surface area contributed by atoms with Gasteiger partial charge in [0.15, 0.2) is 24.8 Å². The number of esters is 4. The number of hydrogen-bond donors (Lipinski definition) is 10. The van der Waals surface area contributed by atoms with Gasteiger partial charge in [0.25, 0.3) is 0 Å². The van der Waals surface area contributed by atoms with Gasteiger partial charge in [-0.2, -0.15) is 0 Å². The van der Waals surface area contributed by atoms with Crippen LogP contribution < -0.4 is 0 Å². The highest BCUT2D eigenvalue weighted by atomic mass is 31.2. The molecule has 2 aliphatic heterocycles. The van der Waals surface area contributed by atoms with Crippen molar-refractivity contribution in [3.63, 3.8) is 0 Å². The maximum absolute atomic E-state index is 14.9. The molecule has 1 aliphatic carbocycles. The van der Waals surface area contributed by atoms with Crippen molar-refractivity contribution in [3.05, 3.63) is 12.2 Å². The van der Waals surface area contributed by atoms with E-state index in [9.17, 15) is 74.6 Å². The first-order chi connectivity index (χ1) is 56.1. The molecular formula is C90H167O25P. The Morgan fingerprint density at radius 1 is 0.362 bits per heavy atom. The maximum Gasteiger partial charge on any atom is 0.472 e. The van der Waals surface area contributed by atoms with Crippen LogP contribution in [0.5, 0.6) is 0 Å². The number of carbonyl (C=O) groups excluding carboxylic acids is 4. The van der Waals surface area contributed by atoms with Gasteiger partial charge in [-0.15, -0.1) is 0 Å². The molecule has 682 valence electrons. The van der Waals surface area contributed by atoms with Crippen LogP contribution in [-0.4, -0.2) is 205 Å². The summed E-state index contributed by atoms with van der Waals surface area (Å²) in [6.45, 7) is 7.91. The maximum atomic E-state index is 14.9. The number of rotatable bonds is 75. The monoisotopic (exact) mass is 1680 g/mol. The number of allylic oxidation sites excluding steroid dienone is 2. The van der Waals surface area contributed by atoms with E-state index in [1.54, 1.807) is 0 Å². The van der Waals surface area contributed by atoms with Crippen LogP contribution in [0, 0.1) is 5.92 Å². The molecule has 0 spiro atoms. The second-order valence-electron chi connectivity index (χ2n) is 33.8. The van der Waals surface area contributed by atoms with E-state index in [0.717, 1.165) is 128 Å². The van der Waals surface area contributed by atoms with Crippen LogP contribution in [0.15, 0.2) is 12.2 Å². The summed E-state index contributed by atoms with van der Waals surface area (Å²) >= 11 is 0. The Labute approximate surface area is 699 Å². The largest absolute Gasteiger partial charge is 0.472 e. The summed E-state index contributed by atoms with van der Waals surface area (Å²) in [5, 5.41) is 102. The van der Waals surface area contributed by atoms with Crippen molar-refractivity contribution < 1.29 is 122 Å². The lowest BCUT2D eigenvalue weighted by molar-refractivity contribution is -0.360. The third kappa shape index (κ3) is 48.9. The van der Waals surface area contributed by atoms with Crippen molar-refractivity contribution in [2.45, 2.75) is 505 Å². The molecule has 19 unspecified atom stereocenters. The molecule has 0 aromatic heterocycles. The van der Waals surface area contributed by atoms with Gasteiger partial charge in [0.1, 0.15) is 92.6 Å². The lowest BCUT2D eigenvalue weighted by atomic mass is 9.84. The fourth-order valence-electron chi connectivity index (χ4n) is 15.6. The summed E-state index contributed by atoms with van der Waals surface area (Å²) in [7, 11) is -5.81. The van der Waals surface area contributed by atoms with Crippen molar-refractivity contribution in [3.8, 4) is 0 Å². The molecule has 0 bridgehead atoms. The van der Waals surface area contributed by atoms with Crippen LogP contribution in [0.3, 0.4) is 0 Å². The average Bonchev–Trinajstić information content (AvgIpc) is 0.760. The fraction of sp³-hybridized carbons (Fsp3) is 0.933. The zero-order valence-electron chi connectivity index (χ0n) is 72.7. The van der Waals surface area contributed by atoms with Crippen LogP contribution in [0.25, 0.3) is 0 Å². The van der Waals surface area contributed by atoms with E-state index >= 15 is 0 Å². The zero-order chi connectivity index (χ0) is 84.8. The molecule has 1 saturated carbocycles. The number of hydrogen-bond acceptors (Lipinski definition) is 24. The van der Waals surface area contributed by atoms with Crippen LogP contribution in [0.4, 0.5) is 0 Å². The first kappa shape index (κ1) is 107. The molecule has 26 heteroatoms. The fourth-order valence-corrected chi connectivity index (χ4v) is 16.6. The summed E-state index contributed by atoms with van der Waals surface area (Å²) in [6.07, 6.45) is 25.0. The Morgan fingerprint density at radius 2 is 0.698 bits per heavy atom. The zero-order valence-corrected chi connectivity index (χ0v) is 73.6. The summed E-state index contributed by atoms with van der Waals surface area (Å²) in [5.74, 6) is -2.29. The molecule has 19 atom stereocenters. The Morgan fingerprint density at radius 3 is 1.12 bits per heavy atom. The molecule has 25 nitrogen and oxygen atoms in total. The van der Waals surface area contributed by atoms with Crippen molar-refractivity contribution in [2.24, 2.45) is 5.92 Å². The smallest absolute Gasteiger partial charge is 0.463 e. The third-order valence-corrected chi connectivity index (χ3v) is 24.2. The first-order valence-corrected chi connectivity index (χ1v) is 48.3. The molecule has 116 heavy (non-hydrogen) atoms. The average molecular weight is 1680 g/mol. The van der Waals surface area contributed by atoms with Gasteiger partial charge >= 0.3 is 31.7 Å². The number of phosphoric ester groups is 1. The summed E-state index contributed by atoms with van der Waals surface area (Å²) < 4.78 is 73.4. The van der Waals surface area contributed by atoms with E-state index in [1.807, 2.05) is 0 Å². The summed E-state index contributed by atoms with van der Waals surface area (Å²) in [5.41, 5.74) is 0. The minimum atomic E-state index is -5.81. The number of ether oxygens (including phenoxy) is 8. The standard InChI is InChI=1S/C90H167O25P/c1-6-10-14-18-22-25-28-31-32-35-38-41-44-52-58-64-76(95)112-85-81(100)82(101)86(113-89-83(102)79(98)77(96)71(65-91)110-89)88(87(85)114-90-84(103)80(99)78(97)72(111-90)68-107-74(93)62-56-50-46-45-48-54-60-69(5)59-53-47-21-17-13-9-4)115-116(104,105)108-67-70(109-75(94)63-57-51-43-40-37-34-30-27-24-20-16-12-8-3)66-106-73(92)61-55-49-42-39-36-33-29-26-23-19-15-11-7-2/h33,36,69-72,77-91,96-103H,6-32,34-35,37-68H2,1-5H3,(H,104,105)/b36-33-. The SMILES string of the molecule is CCCCCCCC/C=C\CCCCCC(=O)OCC(COP(=O)(O)OC1C(OC2OC(CO)C(O)C(O)C2O)C(O)C(O)C(OC(=O)CCCCCCCCCCCCCCCCC)C1OC1OC(COC(=O)CCCCCCCCC(C)CCCCCCCC)C(O)C(O)C1O)OC(=O)CCCCCCCCCCCCCCC. The van der Waals surface area contributed by atoms with E-state index in [4.69, 9.17) is 46.9 Å². The molecule has 0 aromatic carbocycles. The van der Waals surface area contributed by atoms with Gasteiger partial charge < -0.3 is 88.7 Å². The van der Waals surface area contributed by atoms with E-state index in [2.05, 4.69) is 46.8 Å². The molecule has 10 N–H and O–H groups in total. The lowest BCUT2D eigenvalue weighted by Crippen LogP contribution is -2.70. The van der Waals surface area contributed by atoms with Crippen molar-refractivity contribution in [1.29, 1.82) is 0 Å². The molecule has 2 heterocycles. The Kier molecular flexibility index (Phi) is 63.5. The molecule has 0 aromatic rings. The molecule has 0 amide bonds. The number of aliphatic hydroxyl groups is 9. The topological polar surface area (TPSA) is 380 Å². The highest BCUT2D eigenvalue weighted by Gasteiger charge is 2.60. The predicted molar refractivity (Wildman–Crippen MR) is 449 cm³/mol. The summed E-state index contributed by atoms with van der Waals surface area (Å²) in [4.78, 5) is 66.4. The van der Waals surface area contributed by atoms with Crippen LogP contribution in [-0.2, 0) is 70.7 Å². The number of phosphoric acid groups is 1. The van der Waals surface area contributed by atoms with Crippen molar-refractivity contribution >= 4 is 31.7 Å². The van der Waals surface area contributed by atoms with Gasteiger partial charge in [-0.3, -0.25) is 28.2 Å². The second-order valence-corrected chi connectivity index (χ2v) is 35.2. The predicted octanol–water partition coefficient (Wildman–Crippen LogP) is 17.0. The molecule has 0 radical (unpaired) electrons. The van der Waals surface area contributed by atoms with Gasteiger partial charge in [-0.1, -0.05) is 336 Å². The number of aliphatic hydroxyl groups excluding tert-OH is 9. The molecule has 3 rings (SSSR count). The molecule has 3 aliphatic rings. The minimum absolute atomic E-state index is 0.0157. The van der Waals surface area contributed by atoms with Gasteiger partial charge in [0, 0.05) is 25.7 Å². The lowest BCUT2D eigenvalue weighted by Gasteiger charge is -2.50. The third-order valence-electron chi connectivity index (χ3n) is 23.2. The van der Waals surface area contributed by atoms with Crippen molar-refractivity contribution in [2.75, 3.05) is 26.4 Å². The first-order valence-electron chi connectivity index (χ1n) is 46.8. The van der Waals surface area contributed by atoms with Crippen LogP contribution in [0.1, 0.15) is 401 Å². The number of unbranched alkanes of at least 4 members (excludes halogenated alkanes) is 45. The van der Waals surface area contributed by atoms with Crippen molar-refractivity contribution in [1.82, 2.24) is 0 Å². The van der Waals surface area contributed by atoms with Gasteiger partial charge in [-0.05, 0) is 57.3 Å². The quantitative estimate of drug-likeness (QED) is 0.00889. The minimum Gasteiger partial charge on any atom is -0.463 e. The van der Waals surface area contributed by atoms with E-state index in [0.29, 0.717) is 38.0 Å². The normalized spacial score (nSPS) is 25.4. The van der Waals surface area contributed by atoms with E-state index in [1.165, 1.54) is 180 Å². The Hall–Kier alpha value is -2.79.